The minimum Gasteiger partial charge on any atom is -0.444 e. The average molecular weight is 493 g/mol. The van der Waals surface area contributed by atoms with Gasteiger partial charge in [-0.25, -0.2) is 9.39 Å². The van der Waals surface area contributed by atoms with Crippen molar-refractivity contribution >= 4 is 23.9 Å². The van der Waals surface area contributed by atoms with Crippen LogP contribution in [0.1, 0.15) is 71.4 Å². The summed E-state index contributed by atoms with van der Waals surface area (Å²) in [4.78, 5) is 14.7. The van der Waals surface area contributed by atoms with Crippen molar-refractivity contribution < 1.29 is 9.53 Å². The van der Waals surface area contributed by atoms with Crippen LogP contribution in [0, 0.1) is 0 Å². The van der Waals surface area contributed by atoms with E-state index in [4.69, 9.17) is 4.74 Å². The lowest BCUT2D eigenvalue weighted by atomic mass is 10.1. The molecular formula is C31H46N3O2+. The molecule has 0 spiro atoms. The van der Waals surface area contributed by atoms with Crippen LogP contribution in [-0.2, 0) is 4.74 Å². The highest BCUT2D eigenvalue weighted by molar-refractivity contribution is 5.70. The van der Waals surface area contributed by atoms with Gasteiger partial charge in [-0.3, -0.25) is 4.90 Å². The molecule has 1 heterocycles. The normalized spacial score (nSPS) is 16.0. The third-order valence-corrected chi connectivity index (χ3v) is 6.85. The summed E-state index contributed by atoms with van der Waals surface area (Å²) >= 11 is 0. The molecule has 1 saturated heterocycles. The standard InChI is InChI=1S/C31H46N3O2/c1-6-8-21-33(22-9-7-2)34(25-23-32(24-26-34)30(35)36-31(3,4)5)29-19-17-28(18-20-29)16-15-27-13-11-10-12-14-27/h10-20H,6-9,21-26H2,1-5H3/q+1. The second kappa shape index (κ2) is 13.1. The van der Waals surface area contributed by atoms with Gasteiger partial charge < -0.3 is 4.74 Å². The Morgan fingerprint density at radius 2 is 1.42 bits per heavy atom. The fourth-order valence-corrected chi connectivity index (χ4v) is 4.80. The molecule has 0 atom stereocenters. The fourth-order valence-electron chi connectivity index (χ4n) is 4.80. The smallest absolute Gasteiger partial charge is 0.410 e. The van der Waals surface area contributed by atoms with Gasteiger partial charge in [-0.05, 0) is 56.9 Å². The van der Waals surface area contributed by atoms with Crippen LogP contribution < -0.4 is 4.59 Å². The second-order valence-electron chi connectivity index (χ2n) is 10.8. The van der Waals surface area contributed by atoms with Crippen LogP contribution in [0.5, 0.6) is 0 Å². The molecule has 0 N–H and O–H groups in total. The molecule has 0 unspecified atom stereocenters. The number of benzene rings is 2. The largest absolute Gasteiger partial charge is 0.444 e. The Bertz CT molecular complexity index is 948. The number of carbonyl (C=O) groups is 1. The maximum atomic E-state index is 12.8. The van der Waals surface area contributed by atoms with Crippen LogP contribution in [-0.4, -0.2) is 60.9 Å². The Morgan fingerprint density at radius 3 is 1.92 bits per heavy atom. The molecule has 0 aliphatic carbocycles. The molecule has 2 aromatic rings. The Labute approximate surface area is 218 Å². The van der Waals surface area contributed by atoms with Gasteiger partial charge in [0.15, 0.2) is 5.69 Å². The topological polar surface area (TPSA) is 32.8 Å². The minimum absolute atomic E-state index is 0.199. The Balaban J connectivity index is 1.85. The molecule has 3 rings (SSSR count). The molecule has 5 nitrogen and oxygen atoms in total. The Morgan fingerprint density at radius 1 is 0.889 bits per heavy atom. The van der Waals surface area contributed by atoms with Crippen molar-refractivity contribution in [1.82, 2.24) is 14.5 Å². The van der Waals surface area contributed by atoms with Crippen LogP contribution in [0.15, 0.2) is 54.6 Å². The molecule has 5 heteroatoms. The zero-order chi connectivity index (χ0) is 26.0. The third-order valence-electron chi connectivity index (χ3n) is 6.85. The molecule has 1 aliphatic rings. The number of rotatable bonds is 10. The van der Waals surface area contributed by atoms with Gasteiger partial charge >= 0.3 is 6.09 Å². The summed E-state index contributed by atoms with van der Waals surface area (Å²) in [5, 5.41) is 2.66. The number of unbranched alkanes of at least 4 members (excludes halogenated alkanes) is 2. The van der Waals surface area contributed by atoms with Crippen molar-refractivity contribution in [2.24, 2.45) is 0 Å². The van der Waals surface area contributed by atoms with Crippen LogP contribution >= 0.6 is 0 Å². The lowest BCUT2D eigenvalue weighted by Crippen LogP contribution is -2.69. The van der Waals surface area contributed by atoms with E-state index in [0.717, 1.165) is 30.8 Å². The summed E-state index contributed by atoms with van der Waals surface area (Å²) in [6.07, 6.45) is 8.85. The number of nitrogens with zero attached hydrogens (tertiary/aromatic N) is 3. The number of hydrogen-bond donors (Lipinski definition) is 0. The van der Waals surface area contributed by atoms with Gasteiger partial charge in [0.1, 0.15) is 18.7 Å². The molecule has 0 saturated carbocycles. The van der Waals surface area contributed by atoms with E-state index in [1.165, 1.54) is 42.5 Å². The Hall–Kier alpha value is -2.63. The number of amides is 1. The fraction of sp³-hybridized carbons (Fsp3) is 0.516. The first-order valence-corrected chi connectivity index (χ1v) is 13.7. The van der Waals surface area contributed by atoms with Crippen LogP contribution in [0.4, 0.5) is 10.5 Å². The van der Waals surface area contributed by atoms with Crippen molar-refractivity contribution in [2.75, 3.05) is 39.3 Å². The van der Waals surface area contributed by atoms with Gasteiger partial charge in [-0.2, -0.15) is 0 Å². The van der Waals surface area contributed by atoms with Gasteiger partial charge in [0.25, 0.3) is 0 Å². The van der Waals surface area contributed by atoms with E-state index in [-0.39, 0.29) is 6.09 Å². The first kappa shape index (κ1) is 27.9. The van der Waals surface area contributed by atoms with E-state index in [1.807, 2.05) is 31.7 Å². The number of carbonyl (C=O) groups excluding carboxylic acids is 1. The van der Waals surface area contributed by atoms with Crippen molar-refractivity contribution in [3.8, 4) is 0 Å². The van der Waals surface area contributed by atoms with Gasteiger partial charge in [-0.1, -0.05) is 69.2 Å². The first-order chi connectivity index (χ1) is 17.3. The van der Waals surface area contributed by atoms with E-state index in [1.54, 1.807) is 0 Å². The highest BCUT2D eigenvalue weighted by Gasteiger charge is 2.42. The Kier molecular flexibility index (Phi) is 10.1. The summed E-state index contributed by atoms with van der Waals surface area (Å²) < 4.78 is 6.49. The van der Waals surface area contributed by atoms with Gasteiger partial charge in [-0.15, -0.1) is 5.01 Å². The number of quaternary nitrogens is 1. The zero-order valence-electron chi connectivity index (χ0n) is 23.1. The molecule has 0 aromatic heterocycles. The minimum atomic E-state index is -0.474. The average Bonchev–Trinajstić information content (AvgIpc) is 2.87. The van der Waals surface area contributed by atoms with Crippen molar-refractivity contribution in [2.45, 2.75) is 65.9 Å². The third kappa shape index (κ3) is 7.68. The van der Waals surface area contributed by atoms with Gasteiger partial charge in [0.2, 0.25) is 0 Å². The van der Waals surface area contributed by atoms with Gasteiger partial charge in [0.05, 0.1) is 13.1 Å². The monoisotopic (exact) mass is 492 g/mol. The van der Waals surface area contributed by atoms with Gasteiger partial charge in [0, 0.05) is 25.2 Å². The molecule has 1 fully saturated rings. The van der Waals surface area contributed by atoms with E-state index in [2.05, 4.69) is 79.5 Å². The van der Waals surface area contributed by atoms with Crippen LogP contribution in [0.2, 0.25) is 0 Å². The van der Waals surface area contributed by atoms with E-state index >= 15 is 0 Å². The molecule has 0 bridgehead atoms. The lowest BCUT2D eigenvalue weighted by molar-refractivity contribution is -0.0553. The molecule has 0 radical (unpaired) electrons. The summed E-state index contributed by atoms with van der Waals surface area (Å²) in [6.45, 7) is 15.6. The predicted molar refractivity (Wildman–Crippen MR) is 153 cm³/mol. The quantitative estimate of drug-likeness (QED) is 0.259. The maximum absolute atomic E-state index is 12.8. The summed E-state index contributed by atoms with van der Waals surface area (Å²) in [5.41, 5.74) is 3.23. The lowest BCUT2D eigenvalue weighted by Gasteiger charge is -2.49. The summed E-state index contributed by atoms with van der Waals surface area (Å²) in [7, 11) is 0. The number of hydrogen-bond acceptors (Lipinski definition) is 3. The SMILES string of the molecule is CCCCN(CCCC)[N+]1(c2ccc(C=Cc3ccccc3)cc2)CCN(C(=O)OC(C)(C)C)CC1. The van der Waals surface area contributed by atoms with E-state index in [0.29, 0.717) is 13.1 Å². The second-order valence-corrected chi connectivity index (χ2v) is 10.8. The van der Waals surface area contributed by atoms with Crippen molar-refractivity contribution in [1.29, 1.82) is 0 Å². The van der Waals surface area contributed by atoms with Crippen LogP contribution in [0.3, 0.4) is 0 Å². The first-order valence-electron chi connectivity index (χ1n) is 13.7. The van der Waals surface area contributed by atoms with E-state index < -0.39 is 5.60 Å². The highest BCUT2D eigenvalue weighted by Crippen LogP contribution is 2.30. The molecule has 36 heavy (non-hydrogen) atoms. The van der Waals surface area contributed by atoms with Crippen LogP contribution in [0.25, 0.3) is 12.2 Å². The molecule has 1 amide bonds. The maximum Gasteiger partial charge on any atom is 0.410 e. The predicted octanol–water partition coefficient (Wildman–Crippen LogP) is 7.23. The molecule has 196 valence electrons. The van der Waals surface area contributed by atoms with E-state index in [9.17, 15) is 4.79 Å². The number of ether oxygens (including phenoxy) is 1. The summed E-state index contributed by atoms with van der Waals surface area (Å²) in [6, 6.07) is 19.4. The highest BCUT2D eigenvalue weighted by atomic mass is 16.6. The molecule has 2 aromatic carbocycles. The number of piperazine rings is 1. The molecule has 1 aliphatic heterocycles. The van der Waals surface area contributed by atoms with Crippen molar-refractivity contribution in [3.63, 3.8) is 0 Å². The zero-order valence-corrected chi connectivity index (χ0v) is 23.1. The molecular weight excluding hydrogens is 446 g/mol. The summed E-state index contributed by atoms with van der Waals surface area (Å²) in [5.74, 6) is 0. The van der Waals surface area contributed by atoms with Crippen molar-refractivity contribution in [3.05, 3.63) is 65.7 Å².